The minimum absolute atomic E-state index is 0.0190. The Hall–Kier alpha value is -2.34. The Kier molecular flexibility index (Phi) is 4.34. The number of hydrogen-bond acceptors (Lipinski definition) is 4. The number of fused-ring (bicyclic) bond motifs is 3. The molecule has 2 aromatic heterocycles. The number of nitrogens with one attached hydrogen (secondary N) is 1. The lowest BCUT2D eigenvalue weighted by Crippen LogP contribution is -2.22. The highest BCUT2D eigenvalue weighted by Crippen LogP contribution is 2.27. The quantitative estimate of drug-likeness (QED) is 0.731. The number of ether oxygens (including phenoxy) is 1. The van der Waals surface area contributed by atoms with Crippen LogP contribution in [0.5, 0.6) is 5.75 Å². The van der Waals surface area contributed by atoms with Crippen LogP contribution in [0, 0.1) is 6.92 Å². The van der Waals surface area contributed by atoms with Crippen molar-refractivity contribution in [2.24, 2.45) is 5.73 Å². The fourth-order valence-electron chi connectivity index (χ4n) is 2.85. The van der Waals surface area contributed by atoms with E-state index in [2.05, 4.69) is 17.1 Å². The second-order valence-corrected chi connectivity index (χ2v) is 5.70. The number of hydrogen-bond donors (Lipinski definition) is 2. The third kappa shape index (κ3) is 2.70. The number of aromatic amines is 1. The van der Waals surface area contributed by atoms with E-state index in [9.17, 15) is 4.79 Å². The van der Waals surface area contributed by atoms with Gasteiger partial charge in [-0.3, -0.25) is 9.89 Å². The van der Waals surface area contributed by atoms with Crippen molar-refractivity contribution in [3.63, 3.8) is 0 Å². The molecule has 0 saturated carbocycles. The summed E-state index contributed by atoms with van der Waals surface area (Å²) in [4.78, 5) is 12.8. The van der Waals surface area contributed by atoms with Gasteiger partial charge in [-0.2, -0.15) is 5.10 Å². The highest BCUT2D eigenvalue weighted by molar-refractivity contribution is 6.04. The lowest BCUT2D eigenvalue weighted by molar-refractivity contribution is 0.318. The molecule has 2 heterocycles. The summed E-state index contributed by atoms with van der Waals surface area (Å²) in [6, 6.07) is 5.80. The standard InChI is InChI=1S/C17H22N4O2/c1-3-9-23-12-5-6-14-13(10-12)16-15(11(2)19-20-16)17(22)21(14)8-4-7-18/h5-6,10H,3-4,7-9,18H2,1-2H3,(H,19,20). The molecule has 0 radical (unpaired) electrons. The van der Waals surface area contributed by atoms with Gasteiger partial charge in [-0.1, -0.05) is 6.92 Å². The summed E-state index contributed by atoms with van der Waals surface area (Å²) in [7, 11) is 0. The molecule has 23 heavy (non-hydrogen) atoms. The predicted molar refractivity (Wildman–Crippen MR) is 92.1 cm³/mol. The largest absolute Gasteiger partial charge is 0.494 e. The van der Waals surface area contributed by atoms with Gasteiger partial charge < -0.3 is 15.0 Å². The Balaban J connectivity index is 2.28. The Morgan fingerprint density at radius 1 is 1.39 bits per heavy atom. The number of aromatic nitrogens is 3. The molecule has 6 nitrogen and oxygen atoms in total. The average molecular weight is 314 g/mol. The highest BCUT2D eigenvalue weighted by Gasteiger charge is 2.15. The zero-order valence-corrected chi connectivity index (χ0v) is 13.6. The van der Waals surface area contributed by atoms with E-state index in [-0.39, 0.29) is 5.56 Å². The first-order chi connectivity index (χ1) is 11.2. The first-order valence-corrected chi connectivity index (χ1v) is 8.01. The topological polar surface area (TPSA) is 85.9 Å². The van der Waals surface area contributed by atoms with E-state index >= 15 is 0 Å². The molecule has 0 fully saturated rings. The van der Waals surface area contributed by atoms with Gasteiger partial charge in [0.1, 0.15) is 11.3 Å². The van der Waals surface area contributed by atoms with Crippen LogP contribution in [0.25, 0.3) is 21.8 Å². The number of nitrogens with zero attached hydrogens (tertiary/aromatic N) is 2. The van der Waals surface area contributed by atoms with Crippen molar-refractivity contribution in [3.8, 4) is 5.75 Å². The molecule has 0 saturated heterocycles. The summed E-state index contributed by atoms with van der Waals surface area (Å²) in [6.07, 6.45) is 1.70. The Bertz CT molecular complexity index is 895. The Morgan fingerprint density at radius 3 is 2.96 bits per heavy atom. The van der Waals surface area contributed by atoms with Crippen LogP contribution in [-0.4, -0.2) is 27.9 Å². The maximum absolute atomic E-state index is 12.8. The van der Waals surface area contributed by atoms with Crippen LogP contribution in [0.3, 0.4) is 0 Å². The van der Waals surface area contributed by atoms with Crippen LogP contribution < -0.4 is 16.0 Å². The molecule has 3 N–H and O–H groups in total. The van der Waals surface area contributed by atoms with Crippen LogP contribution in [0.15, 0.2) is 23.0 Å². The fraction of sp³-hybridized carbons (Fsp3) is 0.412. The van der Waals surface area contributed by atoms with Gasteiger partial charge in [0.25, 0.3) is 5.56 Å². The molecule has 6 heteroatoms. The molecule has 0 aliphatic carbocycles. The number of benzene rings is 1. The summed E-state index contributed by atoms with van der Waals surface area (Å²) in [5.74, 6) is 0.797. The maximum Gasteiger partial charge on any atom is 0.262 e. The number of rotatable bonds is 6. The van der Waals surface area contributed by atoms with Crippen molar-refractivity contribution in [1.29, 1.82) is 0 Å². The van der Waals surface area contributed by atoms with Crippen molar-refractivity contribution in [2.45, 2.75) is 33.2 Å². The highest BCUT2D eigenvalue weighted by atomic mass is 16.5. The van der Waals surface area contributed by atoms with Crippen LogP contribution >= 0.6 is 0 Å². The van der Waals surface area contributed by atoms with E-state index in [4.69, 9.17) is 10.5 Å². The van der Waals surface area contributed by atoms with E-state index in [0.717, 1.165) is 35.2 Å². The van der Waals surface area contributed by atoms with Crippen LogP contribution in [0.2, 0.25) is 0 Å². The smallest absolute Gasteiger partial charge is 0.262 e. The molecule has 0 atom stereocenters. The average Bonchev–Trinajstić information content (AvgIpc) is 2.95. The number of aryl methyl sites for hydroxylation is 2. The van der Waals surface area contributed by atoms with Crippen LogP contribution in [0.4, 0.5) is 0 Å². The van der Waals surface area contributed by atoms with Gasteiger partial charge in [-0.15, -0.1) is 0 Å². The van der Waals surface area contributed by atoms with Gasteiger partial charge in [-0.25, -0.2) is 0 Å². The summed E-state index contributed by atoms with van der Waals surface area (Å²) in [5.41, 5.74) is 7.95. The molecule has 0 spiro atoms. The summed E-state index contributed by atoms with van der Waals surface area (Å²) in [6.45, 7) is 5.75. The monoisotopic (exact) mass is 314 g/mol. The molecule has 0 aliphatic rings. The Morgan fingerprint density at radius 2 is 2.22 bits per heavy atom. The molecule has 0 amide bonds. The minimum Gasteiger partial charge on any atom is -0.494 e. The molecule has 0 bridgehead atoms. The molecule has 3 aromatic rings. The second-order valence-electron chi connectivity index (χ2n) is 5.70. The molecule has 1 aromatic carbocycles. The van der Waals surface area contributed by atoms with E-state index in [0.29, 0.717) is 30.6 Å². The molecular formula is C17H22N4O2. The first kappa shape index (κ1) is 15.6. The first-order valence-electron chi connectivity index (χ1n) is 8.01. The predicted octanol–water partition coefficient (Wildman–Crippen LogP) is 2.32. The van der Waals surface area contributed by atoms with Crippen molar-refractivity contribution < 1.29 is 4.74 Å². The number of nitrogens with two attached hydrogens (primary N) is 1. The number of pyridine rings is 1. The SMILES string of the molecule is CCCOc1ccc2c(c1)c1n[nH]c(C)c1c(=O)n2CCCN. The second kappa shape index (κ2) is 6.42. The van der Waals surface area contributed by atoms with Crippen molar-refractivity contribution in [1.82, 2.24) is 14.8 Å². The molecule has 0 unspecified atom stereocenters. The van der Waals surface area contributed by atoms with Crippen molar-refractivity contribution >= 4 is 21.8 Å². The molecular weight excluding hydrogens is 292 g/mol. The molecule has 3 rings (SSSR count). The van der Waals surface area contributed by atoms with E-state index in [1.54, 1.807) is 4.57 Å². The summed E-state index contributed by atoms with van der Waals surface area (Å²) < 4.78 is 7.51. The van der Waals surface area contributed by atoms with Gasteiger partial charge in [0.05, 0.1) is 17.5 Å². The van der Waals surface area contributed by atoms with Gasteiger partial charge in [0.15, 0.2) is 0 Å². The number of H-pyrrole nitrogens is 1. The van der Waals surface area contributed by atoms with Gasteiger partial charge in [-0.05, 0) is 44.5 Å². The van der Waals surface area contributed by atoms with Crippen molar-refractivity contribution in [2.75, 3.05) is 13.2 Å². The Labute approximate surface area is 134 Å². The fourth-order valence-corrected chi connectivity index (χ4v) is 2.85. The van der Waals surface area contributed by atoms with E-state index in [1.807, 2.05) is 25.1 Å². The summed E-state index contributed by atoms with van der Waals surface area (Å²) >= 11 is 0. The summed E-state index contributed by atoms with van der Waals surface area (Å²) in [5, 5.41) is 8.82. The third-order valence-corrected chi connectivity index (χ3v) is 3.98. The van der Waals surface area contributed by atoms with E-state index in [1.165, 1.54) is 0 Å². The van der Waals surface area contributed by atoms with Crippen LogP contribution in [-0.2, 0) is 6.54 Å². The van der Waals surface area contributed by atoms with Gasteiger partial charge >= 0.3 is 0 Å². The van der Waals surface area contributed by atoms with E-state index < -0.39 is 0 Å². The molecule has 122 valence electrons. The molecule has 0 aliphatic heterocycles. The third-order valence-electron chi connectivity index (χ3n) is 3.98. The normalized spacial score (nSPS) is 11.4. The lowest BCUT2D eigenvalue weighted by atomic mass is 10.1. The zero-order valence-electron chi connectivity index (χ0n) is 13.6. The maximum atomic E-state index is 12.8. The van der Waals surface area contributed by atoms with Crippen molar-refractivity contribution in [3.05, 3.63) is 34.2 Å². The minimum atomic E-state index is -0.0190. The zero-order chi connectivity index (χ0) is 16.4. The van der Waals surface area contributed by atoms with Crippen LogP contribution in [0.1, 0.15) is 25.5 Å². The lowest BCUT2D eigenvalue weighted by Gasteiger charge is -2.12. The van der Waals surface area contributed by atoms with Gasteiger partial charge in [0.2, 0.25) is 0 Å². The van der Waals surface area contributed by atoms with Gasteiger partial charge in [0, 0.05) is 17.6 Å².